The van der Waals surface area contributed by atoms with Gasteiger partial charge >= 0.3 is 6.09 Å². The molecule has 0 aliphatic carbocycles. The van der Waals surface area contributed by atoms with Gasteiger partial charge in [-0.1, -0.05) is 12.1 Å². The molecule has 1 amide bonds. The van der Waals surface area contributed by atoms with Crippen LogP contribution in [0.2, 0.25) is 0 Å². The number of carbonyl (C=O) groups is 1. The Labute approximate surface area is 159 Å². The Kier molecular flexibility index (Phi) is 6.34. The van der Waals surface area contributed by atoms with E-state index in [1.54, 1.807) is 25.2 Å². The summed E-state index contributed by atoms with van der Waals surface area (Å²) >= 11 is 0. The zero-order valence-electron chi connectivity index (χ0n) is 16.2. The van der Waals surface area contributed by atoms with Crippen molar-refractivity contribution in [1.29, 1.82) is 0 Å². The molecule has 1 fully saturated rings. The van der Waals surface area contributed by atoms with Gasteiger partial charge in [-0.05, 0) is 37.6 Å². The number of likely N-dealkylation sites (tertiary alicyclic amines) is 1. The van der Waals surface area contributed by atoms with Crippen LogP contribution in [0.3, 0.4) is 0 Å². The van der Waals surface area contributed by atoms with Crippen molar-refractivity contribution in [2.75, 3.05) is 27.2 Å². The van der Waals surface area contributed by atoms with E-state index in [-0.39, 0.29) is 12.2 Å². The van der Waals surface area contributed by atoms with Gasteiger partial charge in [-0.25, -0.2) is 9.78 Å². The number of aryl methyl sites for hydroxylation is 1. The minimum Gasteiger partial charge on any atom is -0.497 e. The Balaban J connectivity index is 1.68. The molecule has 0 radical (unpaired) electrons. The first-order valence-electron chi connectivity index (χ1n) is 9.21. The van der Waals surface area contributed by atoms with E-state index in [0.29, 0.717) is 24.7 Å². The van der Waals surface area contributed by atoms with E-state index in [2.05, 4.69) is 16.9 Å². The lowest BCUT2D eigenvalue weighted by Gasteiger charge is -2.30. The van der Waals surface area contributed by atoms with Crippen LogP contribution >= 0.6 is 0 Å². The molecule has 1 aliphatic heterocycles. The van der Waals surface area contributed by atoms with Gasteiger partial charge in [-0.15, -0.1) is 0 Å². The molecule has 0 N–H and O–H groups in total. The van der Waals surface area contributed by atoms with E-state index >= 15 is 0 Å². The van der Waals surface area contributed by atoms with Gasteiger partial charge in [-0.2, -0.15) is 0 Å². The number of methoxy groups -OCH3 is 1. The zero-order valence-corrected chi connectivity index (χ0v) is 16.2. The molecular formula is C20H27N3O4. The van der Waals surface area contributed by atoms with Crippen molar-refractivity contribution in [2.24, 2.45) is 0 Å². The highest BCUT2D eigenvalue weighted by molar-refractivity contribution is 5.68. The van der Waals surface area contributed by atoms with Crippen molar-refractivity contribution in [3.63, 3.8) is 0 Å². The second-order valence-corrected chi connectivity index (χ2v) is 6.95. The van der Waals surface area contributed by atoms with Crippen molar-refractivity contribution >= 4 is 6.09 Å². The highest BCUT2D eigenvalue weighted by Crippen LogP contribution is 2.18. The first-order valence-corrected chi connectivity index (χ1v) is 9.21. The molecule has 2 aromatic rings. The minimum atomic E-state index is -0.318. The van der Waals surface area contributed by atoms with Crippen molar-refractivity contribution in [1.82, 2.24) is 14.8 Å². The molecule has 0 atom stereocenters. The number of rotatable bonds is 6. The summed E-state index contributed by atoms with van der Waals surface area (Å²) in [5, 5.41) is 0. The van der Waals surface area contributed by atoms with Crippen molar-refractivity contribution in [3.8, 4) is 5.75 Å². The van der Waals surface area contributed by atoms with Crippen LogP contribution < -0.4 is 4.74 Å². The molecule has 27 heavy (non-hydrogen) atoms. The third kappa shape index (κ3) is 5.47. The molecule has 1 saturated heterocycles. The number of nitrogens with zero attached hydrogens (tertiary/aromatic N) is 3. The Hall–Kier alpha value is -2.54. The fraction of sp³-hybridized carbons (Fsp3) is 0.500. The first kappa shape index (κ1) is 19.2. The number of amides is 1. The second-order valence-electron chi connectivity index (χ2n) is 6.95. The van der Waals surface area contributed by atoms with Gasteiger partial charge in [-0.3, -0.25) is 4.90 Å². The maximum absolute atomic E-state index is 12.8. The van der Waals surface area contributed by atoms with Crippen LogP contribution in [0.1, 0.15) is 30.0 Å². The number of oxazole rings is 1. The lowest BCUT2D eigenvalue weighted by molar-refractivity contribution is 0.0296. The van der Waals surface area contributed by atoms with Crippen LogP contribution in [0.15, 0.2) is 34.9 Å². The molecule has 1 aromatic carbocycles. The van der Waals surface area contributed by atoms with E-state index in [0.717, 1.165) is 37.2 Å². The molecule has 0 spiro atoms. The lowest BCUT2D eigenvalue weighted by Crippen LogP contribution is -2.39. The second kappa shape index (κ2) is 8.90. The Morgan fingerprint density at radius 1 is 1.26 bits per heavy atom. The SMILES string of the molecule is COc1ccc(CN(Cc2coc(C)n2)C(=O)OC2CCN(C)CC2)cc1. The number of benzene rings is 1. The molecule has 1 aromatic heterocycles. The number of hydrogen-bond donors (Lipinski definition) is 0. The smallest absolute Gasteiger partial charge is 0.410 e. The van der Waals surface area contributed by atoms with Crippen LogP contribution in [0.5, 0.6) is 5.75 Å². The van der Waals surface area contributed by atoms with Gasteiger partial charge in [0.05, 0.1) is 19.3 Å². The van der Waals surface area contributed by atoms with Crippen LogP contribution in [0, 0.1) is 6.92 Å². The first-order chi connectivity index (χ1) is 13.0. The van der Waals surface area contributed by atoms with Gasteiger partial charge < -0.3 is 18.8 Å². The maximum atomic E-state index is 12.8. The molecule has 2 heterocycles. The monoisotopic (exact) mass is 373 g/mol. The Morgan fingerprint density at radius 3 is 2.56 bits per heavy atom. The average Bonchev–Trinajstić information content (AvgIpc) is 3.08. The quantitative estimate of drug-likeness (QED) is 0.774. The fourth-order valence-electron chi connectivity index (χ4n) is 3.13. The van der Waals surface area contributed by atoms with Gasteiger partial charge in [0.15, 0.2) is 5.89 Å². The normalized spacial score (nSPS) is 15.5. The molecule has 3 rings (SSSR count). The molecular weight excluding hydrogens is 346 g/mol. The lowest BCUT2D eigenvalue weighted by atomic mass is 10.1. The number of aromatic nitrogens is 1. The highest BCUT2D eigenvalue weighted by Gasteiger charge is 2.24. The Morgan fingerprint density at radius 2 is 1.96 bits per heavy atom. The number of piperidine rings is 1. The average molecular weight is 373 g/mol. The van der Waals surface area contributed by atoms with Gasteiger partial charge in [0.1, 0.15) is 18.1 Å². The van der Waals surface area contributed by atoms with Gasteiger partial charge in [0.2, 0.25) is 0 Å². The summed E-state index contributed by atoms with van der Waals surface area (Å²) < 4.78 is 16.2. The van der Waals surface area contributed by atoms with Crippen LogP contribution in [-0.4, -0.2) is 54.2 Å². The zero-order chi connectivity index (χ0) is 19.2. The van der Waals surface area contributed by atoms with E-state index in [9.17, 15) is 4.79 Å². The van der Waals surface area contributed by atoms with E-state index in [4.69, 9.17) is 13.9 Å². The maximum Gasteiger partial charge on any atom is 0.410 e. The summed E-state index contributed by atoms with van der Waals surface area (Å²) in [6, 6.07) is 7.66. The summed E-state index contributed by atoms with van der Waals surface area (Å²) in [5.41, 5.74) is 1.71. The summed E-state index contributed by atoms with van der Waals surface area (Å²) in [4.78, 5) is 21.1. The topological polar surface area (TPSA) is 68.0 Å². The van der Waals surface area contributed by atoms with Crippen LogP contribution in [0.25, 0.3) is 0 Å². The van der Waals surface area contributed by atoms with Crippen molar-refractivity contribution in [2.45, 2.75) is 39.0 Å². The molecule has 1 aliphatic rings. The molecule has 7 heteroatoms. The minimum absolute atomic E-state index is 0.0360. The third-order valence-corrected chi connectivity index (χ3v) is 4.74. The van der Waals surface area contributed by atoms with E-state index in [1.165, 1.54) is 0 Å². The summed E-state index contributed by atoms with van der Waals surface area (Å²) in [6.07, 6.45) is 2.95. The van der Waals surface area contributed by atoms with E-state index < -0.39 is 0 Å². The van der Waals surface area contributed by atoms with Crippen LogP contribution in [0.4, 0.5) is 4.79 Å². The van der Waals surface area contributed by atoms with E-state index in [1.807, 2.05) is 24.3 Å². The standard InChI is InChI=1S/C20H27N3O4/c1-15-21-17(14-26-15)13-23(12-16-4-6-18(25-3)7-5-16)20(24)27-19-8-10-22(2)11-9-19/h4-7,14,19H,8-13H2,1-3H3. The number of hydrogen-bond acceptors (Lipinski definition) is 6. The predicted molar refractivity (Wildman–Crippen MR) is 100 cm³/mol. The molecule has 0 bridgehead atoms. The van der Waals surface area contributed by atoms with Crippen LogP contribution in [-0.2, 0) is 17.8 Å². The largest absolute Gasteiger partial charge is 0.497 e. The highest BCUT2D eigenvalue weighted by atomic mass is 16.6. The molecule has 0 saturated carbocycles. The summed E-state index contributed by atoms with van der Waals surface area (Å²) in [6.45, 7) is 4.45. The summed E-state index contributed by atoms with van der Waals surface area (Å²) in [7, 11) is 3.72. The molecule has 146 valence electrons. The number of carbonyl (C=O) groups excluding carboxylic acids is 1. The summed E-state index contributed by atoms with van der Waals surface area (Å²) in [5.74, 6) is 1.37. The molecule has 0 unspecified atom stereocenters. The van der Waals surface area contributed by atoms with Crippen molar-refractivity contribution < 1.29 is 18.7 Å². The molecule has 7 nitrogen and oxygen atoms in total. The number of ether oxygens (including phenoxy) is 2. The van der Waals surface area contributed by atoms with Crippen molar-refractivity contribution in [3.05, 3.63) is 47.7 Å². The predicted octanol–water partition coefficient (Wildman–Crippen LogP) is 3.22. The van der Waals surface area contributed by atoms with Gasteiger partial charge in [0.25, 0.3) is 0 Å². The van der Waals surface area contributed by atoms with Gasteiger partial charge in [0, 0.05) is 26.6 Å². The fourth-order valence-corrected chi connectivity index (χ4v) is 3.13. The Bertz CT molecular complexity index is 736. The third-order valence-electron chi connectivity index (χ3n) is 4.74.